The average Bonchev–Trinajstić information content (AvgIpc) is 3.07. The first-order valence-corrected chi connectivity index (χ1v) is 7.48. The number of rotatable bonds is 6. The zero-order valence-electron chi connectivity index (χ0n) is 10.3. The van der Waals surface area contributed by atoms with Crippen LogP contribution in [0.1, 0.15) is 12.8 Å². The molecule has 0 saturated heterocycles. The minimum atomic E-state index is -3.63. The summed E-state index contributed by atoms with van der Waals surface area (Å²) in [6.45, 7) is 0.691. The number of hydrogen-bond acceptors (Lipinski definition) is 4. The van der Waals surface area contributed by atoms with E-state index < -0.39 is 10.0 Å². The number of sulfonamides is 1. The van der Waals surface area contributed by atoms with Gasteiger partial charge in [0.25, 0.3) is 10.0 Å². The number of nitrogens with zero attached hydrogens (tertiary/aromatic N) is 3. The van der Waals surface area contributed by atoms with Crippen LogP contribution in [0, 0.1) is 0 Å². The fourth-order valence-corrected chi connectivity index (χ4v) is 3.78. The summed E-state index contributed by atoms with van der Waals surface area (Å²) in [5.41, 5.74) is 0. The second-order valence-corrected chi connectivity index (χ2v) is 6.46. The van der Waals surface area contributed by atoms with E-state index in [1.807, 2.05) is 0 Å². The summed E-state index contributed by atoms with van der Waals surface area (Å²) in [6, 6.07) is 0.0585. The summed E-state index contributed by atoms with van der Waals surface area (Å²) < 4.78 is 32.8. The third-order valence-electron chi connectivity index (χ3n) is 2.86. The Morgan fingerprint density at radius 1 is 1.61 bits per heavy atom. The average molecular weight is 294 g/mol. The quantitative estimate of drug-likeness (QED) is 0.781. The molecule has 1 fully saturated rings. The van der Waals surface area contributed by atoms with Crippen LogP contribution in [0.5, 0.6) is 0 Å². The molecular formula is C10H16ClN3O3S. The van der Waals surface area contributed by atoms with E-state index in [4.69, 9.17) is 16.3 Å². The van der Waals surface area contributed by atoms with E-state index in [9.17, 15) is 8.42 Å². The van der Waals surface area contributed by atoms with Gasteiger partial charge >= 0.3 is 0 Å². The van der Waals surface area contributed by atoms with Crippen LogP contribution in [0.2, 0.25) is 5.15 Å². The molecule has 0 aromatic carbocycles. The van der Waals surface area contributed by atoms with Gasteiger partial charge in [-0.05, 0) is 12.8 Å². The molecule has 1 aliphatic rings. The molecule has 102 valence electrons. The molecule has 1 heterocycles. The molecule has 2 rings (SSSR count). The van der Waals surface area contributed by atoms with Crippen LogP contribution < -0.4 is 0 Å². The van der Waals surface area contributed by atoms with Crippen molar-refractivity contribution in [3.05, 3.63) is 11.5 Å². The summed E-state index contributed by atoms with van der Waals surface area (Å²) in [7, 11) is -0.426. The zero-order chi connectivity index (χ0) is 13.3. The molecular weight excluding hydrogens is 278 g/mol. The molecule has 1 aliphatic carbocycles. The highest BCUT2D eigenvalue weighted by Crippen LogP contribution is 2.33. The molecule has 8 heteroatoms. The minimum Gasteiger partial charge on any atom is -0.383 e. The van der Waals surface area contributed by atoms with Crippen LogP contribution >= 0.6 is 11.6 Å². The Hall–Kier alpha value is -0.630. The predicted octanol–water partition coefficient (Wildman–Crippen LogP) is 0.873. The van der Waals surface area contributed by atoms with E-state index in [2.05, 4.69) is 4.98 Å². The highest BCUT2D eigenvalue weighted by molar-refractivity contribution is 7.89. The van der Waals surface area contributed by atoms with Crippen molar-refractivity contribution in [3.63, 3.8) is 0 Å². The van der Waals surface area contributed by atoms with Gasteiger partial charge in [0.15, 0.2) is 0 Å². The molecule has 1 aromatic rings. The second-order valence-electron chi connectivity index (χ2n) is 4.29. The van der Waals surface area contributed by atoms with Crippen LogP contribution in [0.15, 0.2) is 11.4 Å². The molecule has 0 aliphatic heterocycles. The van der Waals surface area contributed by atoms with Gasteiger partial charge in [0.2, 0.25) is 5.03 Å². The first-order chi connectivity index (χ1) is 8.48. The number of ether oxygens (including phenoxy) is 1. The van der Waals surface area contributed by atoms with Gasteiger partial charge < -0.3 is 9.30 Å². The maximum absolute atomic E-state index is 12.5. The maximum atomic E-state index is 12.5. The highest BCUT2D eigenvalue weighted by atomic mass is 35.5. The highest BCUT2D eigenvalue weighted by Gasteiger charge is 2.40. The number of halogens is 1. The summed E-state index contributed by atoms with van der Waals surface area (Å²) in [5, 5.41) is 0.0627. The first kappa shape index (κ1) is 13.8. The van der Waals surface area contributed by atoms with E-state index in [1.54, 1.807) is 14.2 Å². The number of aromatic nitrogens is 2. The van der Waals surface area contributed by atoms with Crippen LogP contribution in [0.25, 0.3) is 0 Å². The smallest absolute Gasteiger partial charge is 0.264 e. The van der Waals surface area contributed by atoms with Crippen LogP contribution in [0.4, 0.5) is 0 Å². The largest absolute Gasteiger partial charge is 0.383 e. The number of aryl methyl sites for hydroxylation is 1. The molecule has 0 amide bonds. The topological polar surface area (TPSA) is 64.4 Å². The van der Waals surface area contributed by atoms with E-state index in [1.165, 1.54) is 15.2 Å². The van der Waals surface area contributed by atoms with Gasteiger partial charge in [-0.25, -0.2) is 13.4 Å². The normalized spacial score (nSPS) is 16.4. The zero-order valence-corrected chi connectivity index (χ0v) is 11.9. The van der Waals surface area contributed by atoms with Crippen molar-refractivity contribution in [1.29, 1.82) is 0 Å². The van der Waals surface area contributed by atoms with E-state index in [-0.39, 0.29) is 16.2 Å². The van der Waals surface area contributed by atoms with Gasteiger partial charge in [-0.3, -0.25) is 0 Å². The Balaban J connectivity index is 2.30. The molecule has 18 heavy (non-hydrogen) atoms. The van der Waals surface area contributed by atoms with Crippen molar-refractivity contribution in [1.82, 2.24) is 13.9 Å². The molecule has 0 bridgehead atoms. The Morgan fingerprint density at radius 3 is 2.72 bits per heavy atom. The van der Waals surface area contributed by atoms with Crippen molar-refractivity contribution >= 4 is 21.6 Å². The molecule has 6 nitrogen and oxygen atoms in total. The summed E-state index contributed by atoms with van der Waals surface area (Å²) in [4.78, 5) is 3.89. The Labute approximate surface area is 112 Å². The van der Waals surface area contributed by atoms with Crippen molar-refractivity contribution in [3.8, 4) is 0 Å². The number of methoxy groups -OCH3 is 1. The number of imidazole rings is 1. The van der Waals surface area contributed by atoms with Gasteiger partial charge in [-0.2, -0.15) is 4.31 Å². The molecule has 0 spiro atoms. The summed E-state index contributed by atoms with van der Waals surface area (Å²) in [6.07, 6.45) is 3.16. The Morgan fingerprint density at radius 2 is 2.28 bits per heavy atom. The molecule has 0 N–H and O–H groups in total. The predicted molar refractivity (Wildman–Crippen MR) is 67.0 cm³/mol. The monoisotopic (exact) mass is 293 g/mol. The Kier molecular flexibility index (Phi) is 3.96. The third kappa shape index (κ3) is 2.54. The third-order valence-corrected chi connectivity index (χ3v) is 5.30. The van der Waals surface area contributed by atoms with Crippen LogP contribution in [-0.2, 0) is 21.8 Å². The van der Waals surface area contributed by atoms with Gasteiger partial charge in [-0.15, -0.1) is 0 Å². The first-order valence-electron chi connectivity index (χ1n) is 5.66. The van der Waals surface area contributed by atoms with Crippen molar-refractivity contribution < 1.29 is 13.2 Å². The lowest BCUT2D eigenvalue weighted by Gasteiger charge is -2.20. The van der Waals surface area contributed by atoms with Crippen LogP contribution in [0.3, 0.4) is 0 Å². The van der Waals surface area contributed by atoms with Gasteiger partial charge in [0.1, 0.15) is 5.15 Å². The molecule has 0 radical (unpaired) electrons. The molecule has 0 atom stereocenters. The lowest BCUT2D eigenvalue weighted by atomic mass is 10.6. The van der Waals surface area contributed by atoms with E-state index >= 15 is 0 Å². The standard InChI is InChI=1S/C10H16ClN3O3S/c1-13-7-12-10(9(13)11)18(15,16)14(5-6-17-2)8-3-4-8/h7-8H,3-6H2,1-2H3. The van der Waals surface area contributed by atoms with E-state index in [0.29, 0.717) is 13.2 Å². The van der Waals surface area contributed by atoms with E-state index in [0.717, 1.165) is 12.8 Å². The van der Waals surface area contributed by atoms with Gasteiger partial charge in [0.05, 0.1) is 12.9 Å². The molecule has 1 saturated carbocycles. The fourth-order valence-electron chi connectivity index (χ4n) is 1.72. The maximum Gasteiger partial charge on any atom is 0.264 e. The molecule has 1 aromatic heterocycles. The lowest BCUT2D eigenvalue weighted by molar-refractivity contribution is 0.177. The second kappa shape index (κ2) is 5.16. The summed E-state index contributed by atoms with van der Waals surface area (Å²) >= 11 is 5.96. The number of hydrogen-bond donors (Lipinski definition) is 0. The van der Waals surface area contributed by atoms with Gasteiger partial charge in [-0.1, -0.05) is 11.6 Å². The lowest BCUT2D eigenvalue weighted by Crippen LogP contribution is -2.36. The van der Waals surface area contributed by atoms with Crippen molar-refractivity contribution in [2.24, 2.45) is 7.05 Å². The Bertz CT molecular complexity index is 524. The SMILES string of the molecule is COCCN(C1CC1)S(=O)(=O)c1ncn(C)c1Cl. The van der Waals surface area contributed by atoms with Crippen LogP contribution in [-0.4, -0.2) is 48.6 Å². The van der Waals surface area contributed by atoms with Gasteiger partial charge in [0, 0.05) is 26.7 Å². The molecule has 0 unspecified atom stereocenters. The summed E-state index contributed by atoms with van der Waals surface area (Å²) in [5.74, 6) is 0. The van der Waals surface area contributed by atoms with Crippen molar-refractivity contribution in [2.75, 3.05) is 20.3 Å². The minimum absolute atomic E-state index is 0.0585. The fraction of sp³-hybridized carbons (Fsp3) is 0.700. The van der Waals surface area contributed by atoms with Crippen molar-refractivity contribution in [2.45, 2.75) is 23.9 Å².